The average molecular weight is 452 g/mol. The number of carbonyl (C=O) groups excluding carboxylic acids is 1. The zero-order chi connectivity index (χ0) is 22.5. The zero-order valence-electron chi connectivity index (χ0n) is 18.8. The number of aryl methyl sites for hydroxylation is 1. The van der Waals surface area contributed by atoms with Crippen LogP contribution in [0.3, 0.4) is 0 Å². The molecular weight excluding hydrogens is 422 g/mol. The quantitative estimate of drug-likeness (QED) is 0.504. The van der Waals surface area contributed by atoms with E-state index in [0.29, 0.717) is 25.6 Å². The molecule has 1 aliphatic rings. The van der Waals surface area contributed by atoms with Crippen molar-refractivity contribution in [1.82, 2.24) is 10.1 Å². The van der Waals surface area contributed by atoms with Gasteiger partial charge in [-0.25, -0.2) is 4.79 Å². The number of aromatic nitrogens is 1. The highest BCUT2D eigenvalue weighted by Gasteiger charge is 2.25. The number of urea groups is 1. The number of hydrogen-bond acceptors (Lipinski definition) is 5. The zero-order valence-corrected chi connectivity index (χ0v) is 19.6. The van der Waals surface area contributed by atoms with Crippen molar-refractivity contribution < 1.29 is 14.1 Å². The first kappa shape index (κ1) is 22.1. The number of nitrogens with zero attached hydrogens (tertiary/aromatic N) is 2. The number of ether oxygens (including phenoxy) is 1. The van der Waals surface area contributed by atoms with Gasteiger partial charge >= 0.3 is 6.03 Å². The summed E-state index contributed by atoms with van der Waals surface area (Å²) in [5, 5.41) is 11.0. The molecule has 3 heterocycles. The highest BCUT2D eigenvalue weighted by atomic mass is 32.1. The molecule has 7 heteroatoms. The van der Waals surface area contributed by atoms with Gasteiger partial charge in [0.2, 0.25) is 5.88 Å². The van der Waals surface area contributed by atoms with Gasteiger partial charge < -0.3 is 14.2 Å². The van der Waals surface area contributed by atoms with E-state index in [4.69, 9.17) is 9.26 Å². The van der Waals surface area contributed by atoms with Gasteiger partial charge in [-0.2, -0.15) is 11.3 Å². The third-order valence-electron chi connectivity index (χ3n) is 5.91. The van der Waals surface area contributed by atoms with E-state index in [1.54, 1.807) is 11.3 Å². The van der Waals surface area contributed by atoms with E-state index in [1.165, 1.54) is 11.1 Å². The van der Waals surface area contributed by atoms with E-state index in [9.17, 15) is 4.79 Å². The molecular formula is C25H29N3O3S. The van der Waals surface area contributed by atoms with E-state index in [-0.39, 0.29) is 11.9 Å². The molecule has 0 bridgehead atoms. The van der Waals surface area contributed by atoms with Gasteiger partial charge in [-0.3, -0.25) is 5.32 Å². The van der Waals surface area contributed by atoms with Crippen molar-refractivity contribution in [3.8, 4) is 5.75 Å². The first-order valence-electron chi connectivity index (χ1n) is 10.9. The Hall–Kier alpha value is -3.06. The Morgan fingerprint density at radius 1 is 1.38 bits per heavy atom. The lowest BCUT2D eigenvalue weighted by molar-refractivity contribution is 0.197. The highest BCUT2D eigenvalue weighted by molar-refractivity contribution is 7.07. The van der Waals surface area contributed by atoms with Gasteiger partial charge in [0.05, 0.1) is 12.3 Å². The average Bonchev–Trinajstić information content (AvgIpc) is 3.41. The summed E-state index contributed by atoms with van der Waals surface area (Å²) in [7, 11) is 0. The highest BCUT2D eigenvalue weighted by Crippen LogP contribution is 2.27. The molecule has 168 valence electrons. The van der Waals surface area contributed by atoms with E-state index in [0.717, 1.165) is 35.4 Å². The van der Waals surface area contributed by atoms with Gasteiger partial charge in [-0.05, 0) is 66.3 Å². The number of rotatable bonds is 6. The molecule has 1 aliphatic heterocycles. The third kappa shape index (κ3) is 5.40. The van der Waals surface area contributed by atoms with E-state index in [2.05, 4.69) is 52.4 Å². The van der Waals surface area contributed by atoms with Crippen LogP contribution in [0.15, 0.2) is 51.2 Å². The summed E-state index contributed by atoms with van der Waals surface area (Å²) in [5.41, 5.74) is 5.44. The Balaban J connectivity index is 1.33. The van der Waals surface area contributed by atoms with Gasteiger partial charge in [0.1, 0.15) is 5.75 Å². The summed E-state index contributed by atoms with van der Waals surface area (Å²) in [4.78, 5) is 14.5. The lowest BCUT2D eigenvalue weighted by Crippen LogP contribution is -2.42. The molecule has 1 unspecified atom stereocenters. The number of nitrogens with one attached hydrogen (secondary N) is 1. The first-order valence-corrected chi connectivity index (χ1v) is 11.9. The van der Waals surface area contributed by atoms with Crippen LogP contribution in [0.25, 0.3) is 6.08 Å². The normalized spacial score (nSPS) is 17.5. The van der Waals surface area contributed by atoms with Crippen molar-refractivity contribution >= 4 is 29.3 Å². The van der Waals surface area contributed by atoms with Gasteiger partial charge in [0, 0.05) is 25.1 Å². The van der Waals surface area contributed by atoms with Crippen molar-refractivity contribution in [2.24, 2.45) is 5.92 Å². The van der Waals surface area contributed by atoms with Crippen LogP contribution in [0.4, 0.5) is 10.7 Å². The summed E-state index contributed by atoms with van der Waals surface area (Å²) in [6, 6.07) is 10.2. The van der Waals surface area contributed by atoms with Crippen molar-refractivity contribution in [3.63, 3.8) is 0 Å². The van der Waals surface area contributed by atoms with Crippen molar-refractivity contribution in [2.45, 2.75) is 33.6 Å². The monoisotopic (exact) mass is 451 g/mol. The molecule has 4 rings (SSSR count). The van der Waals surface area contributed by atoms with Gasteiger partial charge in [-0.1, -0.05) is 35.9 Å². The van der Waals surface area contributed by atoms with Crippen LogP contribution in [0, 0.1) is 19.8 Å². The molecule has 1 aromatic carbocycles. The van der Waals surface area contributed by atoms with Crippen LogP contribution in [-0.2, 0) is 6.42 Å². The van der Waals surface area contributed by atoms with Crippen LogP contribution < -0.4 is 10.1 Å². The Labute approximate surface area is 192 Å². The predicted molar refractivity (Wildman–Crippen MR) is 128 cm³/mol. The van der Waals surface area contributed by atoms with Crippen molar-refractivity contribution in [1.29, 1.82) is 0 Å². The fraction of sp³-hybridized carbons (Fsp3) is 0.360. The molecule has 3 aromatic rings. The maximum Gasteiger partial charge on any atom is 0.324 e. The van der Waals surface area contributed by atoms with Gasteiger partial charge in [0.25, 0.3) is 0 Å². The predicted octanol–water partition coefficient (Wildman–Crippen LogP) is 5.93. The first-order chi connectivity index (χ1) is 15.5. The molecule has 1 saturated heterocycles. The molecule has 1 atom stereocenters. The Morgan fingerprint density at radius 2 is 2.25 bits per heavy atom. The van der Waals surface area contributed by atoms with Crippen LogP contribution in [0.2, 0.25) is 0 Å². The lowest BCUT2D eigenvalue weighted by Gasteiger charge is -2.33. The van der Waals surface area contributed by atoms with E-state index < -0.39 is 0 Å². The molecule has 0 spiro atoms. The number of anilines is 1. The lowest BCUT2D eigenvalue weighted by atomic mass is 9.91. The fourth-order valence-corrected chi connectivity index (χ4v) is 4.49. The second-order valence-corrected chi connectivity index (χ2v) is 9.05. The molecule has 6 nitrogen and oxygen atoms in total. The molecule has 32 heavy (non-hydrogen) atoms. The summed E-state index contributed by atoms with van der Waals surface area (Å²) >= 11 is 1.71. The molecule has 2 amide bonds. The second kappa shape index (κ2) is 10.0. The van der Waals surface area contributed by atoms with Crippen LogP contribution in [-0.4, -0.2) is 35.8 Å². The Morgan fingerprint density at radius 3 is 2.97 bits per heavy atom. The van der Waals surface area contributed by atoms with Crippen molar-refractivity contribution in [2.75, 3.05) is 25.0 Å². The number of amides is 2. The minimum Gasteiger partial charge on any atom is -0.493 e. The second-order valence-electron chi connectivity index (χ2n) is 8.27. The largest absolute Gasteiger partial charge is 0.493 e. The minimum atomic E-state index is -0.142. The van der Waals surface area contributed by atoms with Gasteiger partial charge in [0.15, 0.2) is 0 Å². The standard InChI is InChI=1S/C25H29N3O3S/c1-17-15-28(25(29)26-24-18(2)19(3)27-31-24)10-7-22(17)13-21-5-4-6-23(14-21)30-11-8-20-9-12-32-16-20/h4-6,9,12-14,16-17H,7-8,10-11,15H2,1-3H3,(H,26,29)/b22-13+. The Bertz CT molecular complexity index is 1090. The van der Waals surface area contributed by atoms with Gasteiger partial charge in [-0.15, -0.1) is 0 Å². The Kier molecular flexibility index (Phi) is 6.95. The summed E-state index contributed by atoms with van der Waals surface area (Å²) in [6.07, 6.45) is 3.98. The number of carbonyl (C=O) groups is 1. The molecule has 0 radical (unpaired) electrons. The van der Waals surface area contributed by atoms with Crippen LogP contribution >= 0.6 is 11.3 Å². The summed E-state index contributed by atoms with van der Waals surface area (Å²) in [5.74, 6) is 1.59. The SMILES string of the molecule is Cc1noc(NC(=O)N2CC/C(=C\c3cccc(OCCc4ccsc4)c3)C(C)C2)c1C. The summed E-state index contributed by atoms with van der Waals surface area (Å²) < 4.78 is 11.2. The number of thiophene rings is 1. The maximum atomic E-state index is 12.7. The maximum absolute atomic E-state index is 12.7. The van der Waals surface area contributed by atoms with E-state index in [1.807, 2.05) is 30.9 Å². The molecule has 1 N–H and O–H groups in total. The number of hydrogen-bond donors (Lipinski definition) is 1. The summed E-state index contributed by atoms with van der Waals surface area (Å²) in [6.45, 7) is 7.92. The minimum absolute atomic E-state index is 0.142. The molecule has 1 fully saturated rings. The molecule has 0 aliphatic carbocycles. The number of piperidine rings is 1. The van der Waals surface area contributed by atoms with Crippen molar-refractivity contribution in [3.05, 3.63) is 69.0 Å². The van der Waals surface area contributed by atoms with Crippen LogP contribution in [0.1, 0.15) is 35.7 Å². The topological polar surface area (TPSA) is 67.6 Å². The molecule has 2 aromatic heterocycles. The third-order valence-corrected chi connectivity index (χ3v) is 6.64. The molecule has 0 saturated carbocycles. The van der Waals surface area contributed by atoms with Crippen LogP contribution in [0.5, 0.6) is 5.75 Å². The fourth-order valence-electron chi connectivity index (χ4n) is 3.79. The smallest absolute Gasteiger partial charge is 0.324 e. The number of likely N-dealkylation sites (tertiary alicyclic amines) is 1. The number of benzene rings is 1. The van der Waals surface area contributed by atoms with E-state index >= 15 is 0 Å².